The quantitative estimate of drug-likeness (QED) is 0.658. The van der Waals surface area contributed by atoms with Crippen LogP contribution in [0.5, 0.6) is 0 Å². The van der Waals surface area contributed by atoms with E-state index in [1.54, 1.807) is 37.1 Å². The van der Waals surface area contributed by atoms with Gasteiger partial charge in [0.25, 0.3) is 0 Å². The summed E-state index contributed by atoms with van der Waals surface area (Å²) >= 11 is 4.72. The number of halogens is 2. The molecule has 0 saturated heterocycles. The summed E-state index contributed by atoms with van der Waals surface area (Å²) in [5.74, 6) is -0.0803. The number of benzene rings is 2. The zero-order valence-corrected chi connectivity index (χ0v) is 17.6. The first-order valence-corrected chi connectivity index (χ1v) is 10.4. The van der Waals surface area contributed by atoms with Crippen molar-refractivity contribution < 1.29 is 14.0 Å². The highest BCUT2D eigenvalue weighted by molar-refractivity contribution is 9.10. The van der Waals surface area contributed by atoms with Crippen molar-refractivity contribution in [3.8, 4) is 0 Å². The van der Waals surface area contributed by atoms with Crippen molar-refractivity contribution in [3.05, 3.63) is 69.9 Å². The van der Waals surface area contributed by atoms with Crippen LogP contribution < -0.4 is 5.32 Å². The highest BCUT2D eigenvalue weighted by atomic mass is 79.9. The molecule has 0 aromatic heterocycles. The van der Waals surface area contributed by atoms with Crippen molar-refractivity contribution in [3.63, 3.8) is 0 Å². The van der Waals surface area contributed by atoms with Crippen LogP contribution in [0, 0.1) is 5.82 Å². The maximum Gasteiger partial charge on any atom is 0.242 e. The van der Waals surface area contributed by atoms with Gasteiger partial charge in [0.2, 0.25) is 11.8 Å². The maximum atomic E-state index is 13.7. The Morgan fingerprint density at radius 2 is 1.85 bits per heavy atom. The Balaban J connectivity index is 2.04. The minimum Gasteiger partial charge on any atom is -0.357 e. The SMILES string of the molecule is CNC(=O)[C@H](C)N(Cc1ccc(Br)cc1)C(=O)CSCc1ccccc1F. The van der Waals surface area contributed by atoms with Gasteiger partial charge in [0.05, 0.1) is 5.75 Å². The van der Waals surface area contributed by atoms with E-state index in [1.807, 2.05) is 24.3 Å². The Kier molecular flexibility index (Phi) is 8.31. The lowest BCUT2D eigenvalue weighted by Gasteiger charge is -2.28. The number of likely N-dealkylation sites (N-methyl/N-ethyl adjacent to an activating group) is 1. The Bertz CT molecular complexity index is 786. The van der Waals surface area contributed by atoms with Crippen molar-refractivity contribution in [1.82, 2.24) is 10.2 Å². The van der Waals surface area contributed by atoms with Gasteiger partial charge in [-0.1, -0.05) is 46.3 Å². The molecular weight excluding hydrogens is 431 g/mol. The Morgan fingerprint density at radius 1 is 1.19 bits per heavy atom. The fraction of sp³-hybridized carbons (Fsp3) is 0.300. The molecule has 2 rings (SSSR count). The molecule has 0 saturated carbocycles. The minimum atomic E-state index is -0.597. The van der Waals surface area contributed by atoms with Crippen molar-refractivity contribution >= 4 is 39.5 Å². The monoisotopic (exact) mass is 452 g/mol. The Labute approximate surface area is 171 Å². The largest absolute Gasteiger partial charge is 0.357 e. The van der Waals surface area contributed by atoms with E-state index < -0.39 is 6.04 Å². The molecule has 0 aliphatic carbocycles. The molecule has 0 heterocycles. The normalized spacial score (nSPS) is 11.7. The van der Waals surface area contributed by atoms with Gasteiger partial charge in [-0.25, -0.2) is 4.39 Å². The number of nitrogens with zero attached hydrogens (tertiary/aromatic N) is 1. The second-order valence-electron chi connectivity index (χ2n) is 6.02. The standard InChI is InChI=1S/C20H22BrFN2O2S/c1-14(20(26)23-2)24(11-15-7-9-17(21)10-8-15)19(25)13-27-12-16-5-3-4-6-18(16)22/h3-10,14H,11-13H2,1-2H3,(H,23,26)/t14-/m0/s1. The van der Waals surface area contributed by atoms with Crippen molar-refractivity contribution in [2.75, 3.05) is 12.8 Å². The van der Waals surface area contributed by atoms with E-state index in [4.69, 9.17) is 0 Å². The molecule has 0 bridgehead atoms. The summed E-state index contributed by atoms with van der Waals surface area (Å²) in [5, 5.41) is 2.59. The summed E-state index contributed by atoms with van der Waals surface area (Å²) in [7, 11) is 1.55. The fourth-order valence-electron chi connectivity index (χ4n) is 2.52. The molecule has 1 atom stereocenters. The second kappa shape index (κ2) is 10.5. The molecule has 144 valence electrons. The molecule has 1 N–H and O–H groups in total. The number of hydrogen-bond donors (Lipinski definition) is 1. The lowest BCUT2D eigenvalue weighted by Crippen LogP contribution is -2.47. The van der Waals surface area contributed by atoms with Crippen LogP contribution in [0.3, 0.4) is 0 Å². The third kappa shape index (κ3) is 6.36. The number of carbonyl (C=O) groups is 2. The van der Waals surface area contributed by atoms with Gasteiger partial charge in [0, 0.05) is 23.8 Å². The van der Waals surface area contributed by atoms with Crippen LogP contribution in [0.25, 0.3) is 0 Å². The number of rotatable bonds is 8. The molecule has 2 amide bonds. The van der Waals surface area contributed by atoms with Crippen LogP contribution >= 0.6 is 27.7 Å². The van der Waals surface area contributed by atoms with Crippen LogP contribution in [-0.4, -0.2) is 35.6 Å². The van der Waals surface area contributed by atoms with Gasteiger partial charge in [0.1, 0.15) is 11.9 Å². The molecule has 0 aliphatic rings. The summed E-state index contributed by atoms with van der Waals surface area (Å²) in [6, 6.07) is 13.5. The molecule has 4 nitrogen and oxygen atoms in total. The number of thioether (sulfide) groups is 1. The zero-order valence-electron chi connectivity index (χ0n) is 15.2. The second-order valence-corrected chi connectivity index (χ2v) is 7.92. The van der Waals surface area contributed by atoms with E-state index in [1.165, 1.54) is 17.8 Å². The minimum absolute atomic E-state index is 0.157. The molecule has 27 heavy (non-hydrogen) atoms. The number of amides is 2. The molecule has 0 fully saturated rings. The first kappa shape index (κ1) is 21.4. The van der Waals surface area contributed by atoms with Gasteiger partial charge < -0.3 is 10.2 Å². The van der Waals surface area contributed by atoms with Gasteiger partial charge >= 0.3 is 0 Å². The smallest absolute Gasteiger partial charge is 0.242 e. The summed E-state index contributed by atoms with van der Waals surface area (Å²) in [6.07, 6.45) is 0. The van der Waals surface area contributed by atoms with E-state index in [0.29, 0.717) is 17.9 Å². The van der Waals surface area contributed by atoms with Crippen molar-refractivity contribution in [1.29, 1.82) is 0 Å². The Morgan fingerprint density at radius 3 is 2.48 bits per heavy atom. The first-order chi connectivity index (χ1) is 12.9. The number of hydrogen-bond acceptors (Lipinski definition) is 3. The topological polar surface area (TPSA) is 49.4 Å². The van der Waals surface area contributed by atoms with Gasteiger partial charge in [-0.2, -0.15) is 0 Å². The van der Waals surface area contributed by atoms with Gasteiger partial charge in [-0.3, -0.25) is 9.59 Å². The molecule has 7 heteroatoms. The number of nitrogens with one attached hydrogen (secondary N) is 1. The predicted octanol–water partition coefficient (Wildman–Crippen LogP) is 3.98. The van der Waals surface area contributed by atoms with Crippen LogP contribution in [0.2, 0.25) is 0 Å². The summed E-state index contributed by atoms with van der Waals surface area (Å²) < 4.78 is 14.7. The maximum absolute atomic E-state index is 13.7. The van der Waals surface area contributed by atoms with Crippen molar-refractivity contribution in [2.45, 2.75) is 25.3 Å². The van der Waals surface area contributed by atoms with Gasteiger partial charge in [-0.05, 0) is 36.2 Å². The predicted molar refractivity (Wildman–Crippen MR) is 111 cm³/mol. The van der Waals surface area contributed by atoms with E-state index >= 15 is 0 Å². The molecular formula is C20H22BrFN2O2S. The molecule has 0 aliphatic heterocycles. The molecule has 0 unspecified atom stereocenters. The lowest BCUT2D eigenvalue weighted by molar-refractivity contribution is -0.138. The van der Waals surface area contributed by atoms with Gasteiger partial charge in [0.15, 0.2) is 0 Å². The first-order valence-electron chi connectivity index (χ1n) is 8.49. The highest BCUT2D eigenvalue weighted by Crippen LogP contribution is 2.18. The molecule has 0 spiro atoms. The summed E-state index contributed by atoms with van der Waals surface area (Å²) in [5.41, 5.74) is 1.50. The van der Waals surface area contributed by atoms with Crippen LogP contribution in [-0.2, 0) is 21.9 Å². The van der Waals surface area contributed by atoms with E-state index in [2.05, 4.69) is 21.2 Å². The molecule has 2 aromatic carbocycles. The van der Waals surface area contributed by atoms with Gasteiger partial charge in [-0.15, -0.1) is 11.8 Å². The highest BCUT2D eigenvalue weighted by Gasteiger charge is 2.25. The van der Waals surface area contributed by atoms with E-state index in [0.717, 1.165) is 10.0 Å². The van der Waals surface area contributed by atoms with E-state index in [-0.39, 0.29) is 23.4 Å². The lowest BCUT2D eigenvalue weighted by atomic mass is 10.1. The molecule has 2 aromatic rings. The summed E-state index contributed by atoms with van der Waals surface area (Å²) in [6.45, 7) is 2.04. The fourth-order valence-corrected chi connectivity index (χ4v) is 3.69. The average Bonchev–Trinajstić information content (AvgIpc) is 2.67. The number of carbonyl (C=O) groups excluding carboxylic acids is 2. The van der Waals surface area contributed by atoms with Crippen LogP contribution in [0.4, 0.5) is 4.39 Å². The Hall–Kier alpha value is -1.86. The third-order valence-electron chi connectivity index (χ3n) is 4.12. The average molecular weight is 453 g/mol. The van der Waals surface area contributed by atoms with E-state index in [9.17, 15) is 14.0 Å². The van der Waals surface area contributed by atoms with Crippen molar-refractivity contribution in [2.24, 2.45) is 0 Å². The van der Waals surface area contributed by atoms with Crippen LogP contribution in [0.1, 0.15) is 18.1 Å². The van der Waals surface area contributed by atoms with Crippen LogP contribution in [0.15, 0.2) is 53.0 Å². The zero-order chi connectivity index (χ0) is 19.8. The molecule has 0 radical (unpaired) electrons. The third-order valence-corrected chi connectivity index (χ3v) is 5.62. The summed E-state index contributed by atoms with van der Waals surface area (Å²) in [4.78, 5) is 26.4.